The van der Waals surface area contributed by atoms with Gasteiger partial charge in [-0.25, -0.2) is 0 Å². The van der Waals surface area contributed by atoms with E-state index in [1.807, 2.05) is 25.2 Å². The van der Waals surface area contributed by atoms with Crippen molar-refractivity contribution in [1.82, 2.24) is 10.6 Å². The number of amides is 1. The summed E-state index contributed by atoms with van der Waals surface area (Å²) < 4.78 is 0. The third-order valence-corrected chi connectivity index (χ3v) is 3.29. The van der Waals surface area contributed by atoms with Gasteiger partial charge in [0.05, 0.1) is 0 Å². The van der Waals surface area contributed by atoms with Gasteiger partial charge in [-0.2, -0.15) is 0 Å². The van der Waals surface area contributed by atoms with Crippen LogP contribution in [-0.4, -0.2) is 25.5 Å². The van der Waals surface area contributed by atoms with E-state index in [0.717, 1.165) is 13.0 Å². The Labute approximate surface area is 110 Å². The molecular formula is C15H24N2O. The summed E-state index contributed by atoms with van der Waals surface area (Å²) >= 11 is 0. The van der Waals surface area contributed by atoms with Crippen molar-refractivity contribution in [3.05, 3.63) is 35.9 Å². The minimum atomic E-state index is 0.139. The van der Waals surface area contributed by atoms with E-state index >= 15 is 0 Å². The van der Waals surface area contributed by atoms with Crippen LogP contribution in [0.1, 0.15) is 38.2 Å². The van der Waals surface area contributed by atoms with Gasteiger partial charge in [-0.3, -0.25) is 4.79 Å². The minimum absolute atomic E-state index is 0.139. The van der Waals surface area contributed by atoms with Crippen LogP contribution in [0.3, 0.4) is 0 Å². The average molecular weight is 248 g/mol. The van der Waals surface area contributed by atoms with Gasteiger partial charge in [0.2, 0.25) is 5.91 Å². The second kappa shape index (κ2) is 7.88. The van der Waals surface area contributed by atoms with Crippen molar-refractivity contribution in [3.63, 3.8) is 0 Å². The lowest BCUT2D eigenvalue weighted by Gasteiger charge is -2.21. The lowest BCUT2D eigenvalue weighted by Crippen LogP contribution is -2.36. The Bertz CT molecular complexity index is 351. The van der Waals surface area contributed by atoms with Gasteiger partial charge in [-0.1, -0.05) is 37.3 Å². The van der Waals surface area contributed by atoms with Gasteiger partial charge in [-0.15, -0.1) is 0 Å². The summed E-state index contributed by atoms with van der Waals surface area (Å²) in [5.41, 5.74) is 1.26. The Morgan fingerprint density at radius 1 is 1.22 bits per heavy atom. The van der Waals surface area contributed by atoms with Gasteiger partial charge in [0.1, 0.15) is 0 Å². The SMILES string of the molecule is CNCCCC(=O)NC(C)C(C)c1ccccc1. The molecule has 0 aliphatic carbocycles. The van der Waals surface area contributed by atoms with Crippen molar-refractivity contribution in [2.75, 3.05) is 13.6 Å². The second-order valence-corrected chi connectivity index (χ2v) is 4.76. The molecule has 0 aliphatic rings. The molecule has 1 aromatic carbocycles. The molecule has 0 bridgehead atoms. The Kier molecular flexibility index (Phi) is 6.44. The maximum atomic E-state index is 11.7. The molecule has 0 fully saturated rings. The van der Waals surface area contributed by atoms with E-state index in [1.165, 1.54) is 5.56 Å². The average Bonchev–Trinajstić information content (AvgIpc) is 2.39. The second-order valence-electron chi connectivity index (χ2n) is 4.76. The molecule has 1 rings (SSSR count). The topological polar surface area (TPSA) is 41.1 Å². The summed E-state index contributed by atoms with van der Waals surface area (Å²) in [6, 6.07) is 10.5. The molecule has 0 saturated carbocycles. The molecule has 3 heteroatoms. The van der Waals surface area contributed by atoms with Crippen molar-refractivity contribution in [2.24, 2.45) is 0 Å². The van der Waals surface area contributed by atoms with Crippen molar-refractivity contribution >= 4 is 5.91 Å². The molecule has 0 radical (unpaired) electrons. The highest BCUT2D eigenvalue weighted by Gasteiger charge is 2.15. The van der Waals surface area contributed by atoms with Crippen LogP contribution in [0.4, 0.5) is 0 Å². The summed E-state index contributed by atoms with van der Waals surface area (Å²) in [5, 5.41) is 6.12. The number of hydrogen-bond donors (Lipinski definition) is 2. The summed E-state index contributed by atoms with van der Waals surface area (Å²) in [6.45, 7) is 5.09. The zero-order valence-corrected chi connectivity index (χ0v) is 11.6. The summed E-state index contributed by atoms with van der Waals surface area (Å²) in [4.78, 5) is 11.7. The number of rotatable bonds is 7. The first-order valence-electron chi connectivity index (χ1n) is 6.64. The molecule has 1 amide bonds. The fourth-order valence-electron chi connectivity index (χ4n) is 1.92. The maximum Gasteiger partial charge on any atom is 0.220 e. The standard InChI is InChI=1S/C15H24N2O/c1-12(14-8-5-4-6-9-14)13(2)17-15(18)10-7-11-16-3/h4-6,8-9,12-13,16H,7,10-11H2,1-3H3,(H,17,18). The first kappa shape index (κ1) is 14.7. The Hall–Kier alpha value is -1.35. The molecule has 2 atom stereocenters. The predicted molar refractivity (Wildman–Crippen MR) is 75.6 cm³/mol. The highest BCUT2D eigenvalue weighted by Crippen LogP contribution is 2.18. The van der Waals surface area contributed by atoms with Gasteiger partial charge in [0, 0.05) is 18.4 Å². The minimum Gasteiger partial charge on any atom is -0.353 e. The first-order chi connectivity index (χ1) is 8.65. The molecule has 100 valence electrons. The summed E-state index contributed by atoms with van der Waals surface area (Å²) in [5.74, 6) is 0.472. The van der Waals surface area contributed by atoms with Gasteiger partial charge < -0.3 is 10.6 Å². The largest absolute Gasteiger partial charge is 0.353 e. The Morgan fingerprint density at radius 3 is 2.50 bits per heavy atom. The molecule has 1 aromatic rings. The molecule has 3 nitrogen and oxygen atoms in total. The highest BCUT2D eigenvalue weighted by atomic mass is 16.1. The quantitative estimate of drug-likeness (QED) is 0.727. The van der Waals surface area contributed by atoms with E-state index in [0.29, 0.717) is 12.3 Å². The molecule has 0 aromatic heterocycles. The fraction of sp³-hybridized carbons (Fsp3) is 0.533. The smallest absolute Gasteiger partial charge is 0.220 e. The monoisotopic (exact) mass is 248 g/mol. The first-order valence-corrected chi connectivity index (χ1v) is 6.64. The number of carbonyl (C=O) groups is 1. The van der Waals surface area contributed by atoms with Crippen LogP contribution in [-0.2, 0) is 4.79 Å². The van der Waals surface area contributed by atoms with E-state index in [-0.39, 0.29) is 11.9 Å². The fourth-order valence-corrected chi connectivity index (χ4v) is 1.92. The molecule has 2 unspecified atom stereocenters. The van der Waals surface area contributed by atoms with E-state index in [9.17, 15) is 4.79 Å². The number of nitrogens with one attached hydrogen (secondary N) is 2. The van der Waals surface area contributed by atoms with Crippen molar-refractivity contribution in [1.29, 1.82) is 0 Å². The van der Waals surface area contributed by atoms with E-state index in [4.69, 9.17) is 0 Å². The van der Waals surface area contributed by atoms with Gasteiger partial charge >= 0.3 is 0 Å². The molecule has 2 N–H and O–H groups in total. The number of carbonyl (C=O) groups excluding carboxylic acids is 1. The predicted octanol–water partition coefficient (Wildman–Crippen LogP) is 2.29. The lowest BCUT2D eigenvalue weighted by molar-refractivity contribution is -0.121. The van der Waals surface area contributed by atoms with Crippen LogP contribution in [0, 0.1) is 0 Å². The van der Waals surface area contributed by atoms with Crippen LogP contribution in [0.25, 0.3) is 0 Å². The van der Waals surface area contributed by atoms with Crippen LogP contribution in [0.5, 0.6) is 0 Å². The molecule has 0 aliphatic heterocycles. The summed E-state index contributed by atoms with van der Waals surface area (Å²) in [7, 11) is 1.90. The van der Waals surface area contributed by atoms with E-state index in [2.05, 4.69) is 36.6 Å². The Balaban J connectivity index is 2.40. The van der Waals surface area contributed by atoms with Crippen LogP contribution in [0.2, 0.25) is 0 Å². The third-order valence-electron chi connectivity index (χ3n) is 3.29. The zero-order valence-electron chi connectivity index (χ0n) is 11.6. The van der Waals surface area contributed by atoms with Crippen molar-refractivity contribution in [2.45, 2.75) is 38.6 Å². The van der Waals surface area contributed by atoms with E-state index < -0.39 is 0 Å². The number of hydrogen-bond acceptors (Lipinski definition) is 2. The maximum absolute atomic E-state index is 11.7. The normalized spacial score (nSPS) is 13.9. The Morgan fingerprint density at radius 2 is 1.89 bits per heavy atom. The zero-order chi connectivity index (χ0) is 13.4. The van der Waals surface area contributed by atoms with Crippen LogP contribution < -0.4 is 10.6 Å². The number of benzene rings is 1. The molecule has 0 heterocycles. The van der Waals surface area contributed by atoms with Gasteiger partial charge in [-0.05, 0) is 32.5 Å². The molecule has 0 spiro atoms. The van der Waals surface area contributed by atoms with Gasteiger partial charge in [0.15, 0.2) is 0 Å². The molecule has 18 heavy (non-hydrogen) atoms. The highest BCUT2D eigenvalue weighted by molar-refractivity contribution is 5.76. The third kappa shape index (κ3) is 4.88. The van der Waals surface area contributed by atoms with E-state index in [1.54, 1.807) is 0 Å². The summed E-state index contributed by atoms with van der Waals surface area (Å²) in [6.07, 6.45) is 1.47. The molecular weight excluding hydrogens is 224 g/mol. The molecule has 0 saturated heterocycles. The van der Waals surface area contributed by atoms with Crippen molar-refractivity contribution in [3.8, 4) is 0 Å². The van der Waals surface area contributed by atoms with Crippen LogP contribution >= 0.6 is 0 Å². The van der Waals surface area contributed by atoms with Crippen LogP contribution in [0.15, 0.2) is 30.3 Å². The lowest BCUT2D eigenvalue weighted by atomic mass is 9.94. The van der Waals surface area contributed by atoms with Gasteiger partial charge in [0.25, 0.3) is 0 Å². The van der Waals surface area contributed by atoms with Crippen molar-refractivity contribution < 1.29 is 4.79 Å².